The fourth-order valence-corrected chi connectivity index (χ4v) is 3.37. The average Bonchev–Trinajstić information content (AvgIpc) is 2.84. The fourth-order valence-electron chi connectivity index (χ4n) is 2.36. The number of aryl methyl sites for hydroxylation is 2. The van der Waals surface area contributed by atoms with E-state index in [9.17, 15) is 0 Å². The lowest BCUT2D eigenvalue weighted by atomic mass is 9.99. The number of hydrogen-bond donors (Lipinski definition) is 0. The van der Waals surface area contributed by atoms with Gasteiger partial charge in [0.25, 0.3) is 0 Å². The van der Waals surface area contributed by atoms with Gasteiger partial charge >= 0.3 is 0 Å². The molecule has 1 atom stereocenters. The van der Waals surface area contributed by atoms with Crippen LogP contribution in [0.25, 0.3) is 0 Å². The van der Waals surface area contributed by atoms with Crippen molar-refractivity contribution in [3.63, 3.8) is 0 Å². The van der Waals surface area contributed by atoms with Gasteiger partial charge in [0, 0.05) is 10.8 Å². The smallest absolute Gasteiger partial charge is 0.0897 e. The molecule has 0 aromatic carbocycles. The third-order valence-corrected chi connectivity index (χ3v) is 4.65. The van der Waals surface area contributed by atoms with E-state index in [-0.39, 0.29) is 0 Å². The normalized spacial score (nSPS) is 19.6. The maximum Gasteiger partial charge on any atom is 0.0897 e. The van der Waals surface area contributed by atoms with E-state index < -0.39 is 0 Å². The highest BCUT2D eigenvalue weighted by molar-refractivity contribution is 7.09. The minimum Gasteiger partial charge on any atom is -0.247 e. The van der Waals surface area contributed by atoms with Crippen LogP contribution in [0.15, 0.2) is 5.38 Å². The van der Waals surface area contributed by atoms with Crippen molar-refractivity contribution in [2.75, 3.05) is 0 Å². The Morgan fingerprint density at radius 3 is 2.87 bits per heavy atom. The summed E-state index contributed by atoms with van der Waals surface area (Å²) in [5, 5.41) is 3.69. The summed E-state index contributed by atoms with van der Waals surface area (Å²) in [5.41, 5.74) is 1.22. The lowest BCUT2D eigenvalue weighted by molar-refractivity contribution is 0.491. The first-order valence-electron chi connectivity index (χ1n) is 5.81. The highest BCUT2D eigenvalue weighted by Crippen LogP contribution is 2.32. The molecule has 2 rings (SSSR count). The molecule has 1 fully saturated rings. The second-order valence-electron chi connectivity index (χ2n) is 4.46. The van der Waals surface area contributed by atoms with Crippen LogP contribution >= 0.6 is 22.9 Å². The molecule has 1 nitrogen and oxygen atoms in total. The Hall–Kier alpha value is -0.0800. The predicted octanol–water partition coefficient (Wildman–Crippen LogP) is 4.18. The predicted molar refractivity (Wildman–Crippen MR) is 66.8 cm³/mol. The third kappa shape index (κ3) is 3.18. The molecule has 0 saturated heterocycles. The molecule has 0 spiro atoms. The van der Waals surface area contributed by atoms with Crippen LogP contribution in [-0.2, 0) is 6.42 Å². The van der Waals surface area contributed by atoms with E-state index in [0.717, 1.165) is 23.8 Å². The maximum atomic E-state index is 6.42. The third-order valence-electron chi connectivity index (χ3n) is 3.25. The zero-order valence-electron chi connectivity index (χ0n) is 9.21. The number of thiazole rings is 1. The van der Waals surface area contributed by atoms with Crippen molar-refractivity contribution >= 4 is 22.9 Å². The largest absolute Gasteiger partial charge is 0.247 e. The van der Waals surface area contributed by atoms with E-state index in [0.29, 0.717) is 5.38 Å². The first kappa shape index (κ1) is 11.4. The van der Waals surface area contributed by atoms with E-state index in [2.05, 4.69) is 17.3 Å². The molecule has 3 heteroatoms. The molecule has 0 N–H and O–H groups in total. The highest BCUT2D eigenvalue weighted by Gasteiger charge is 2.22. The molecule has 1 saturated carbocycles. The van der Waals surface area contributed by atoms with Gasteiger partial charge in [-0.25, -0.2) is 4.98 Å². The van der Waals surface area contributed by atoms with Crippen molar-refractivity contribution in [1.29, 1.82) is 0 Å². The number of alkyl halides is 1. The molecular weight excluding hydrogens is 226 g/mol. The first-order valence-corrected chi connectivity index (χ1v) is 7.12. The fraction of sp³-hybridized carbons (Fsp3) is 0.750. The van der Waals surface area contributed by atoms with Crippen LogP contribution in [0.5, 0.6) is 0 Å². The molecule has 1 heterocycles. The van der Waals surface area contributed by atoms with E-state index in [1.54, 1.807) is 11.3 Å². The number of rotatable bonds is 4. The molecular formula is C12H18ClNS. The van der Waals surface area contributed by atoms with E-state index in [1.807, 2.05) is 0 Å². The standard InChI is InChI=1S/C12H18ClNS/c1-9-14-11(8-15-9)6-7-12(13)10-4-2-3-5-10/h8,10,12H,2-7H2,1H3. The van der Waals surface area contributed by atoms with E-state index in [4.69, 9.17) is 11.6 Å². The average molecular weight is 244 g/mol. The Morgan fingerprint density at radius 1 is 1.53 bits per heavy atom. The van der Waals surface area contributed by atoms with Gasteiger partial charge < -0.3 is 0 Å². The summed E-state index contributed by atoms with van der Waals surface area (Å²) in [6.45, 7) is 2.06. The van der Waals surface area contributed by atoms with Crippen molar-refractivity contribution in [2.24, 2.45) is 5.92 Å². The van der Waals surface area contributed by atoms with Gasteiger partial charge in [-0.3, -0.25) is 0 Å². The zero-order valence-corrected chi connectivity index (χ0v) is 10.8. The summed E-state index contributed by atoms with van der Waals surface area (Å²) in [6.07, 6.45) is 7.58. The lowest BCUT2D eigenvalue weighted by Crippen LogP contribution is -2.12. The summed E-state index contributed by atoms with van der Waals surface area (Å²) < 4.78 is 0. The summed E-state index contributed by atoms with van der Waals surface area (Å²) in [6, 6.07) is 0. The second-order valence-corrected chi connectivity index (χ2v) is 6.08. The van der Waals surface area contributed by atoms with Crippen molar-refractivity contribution in [3.8, 4) is 0 Å². The Bertz CT molecular complexity index is 304. The number of nitrogens with zero attached hydrogens (tertiary/aromatic N) is 1. The molecule has 84 valence electrons. The molecule has 1 aliphatic carbocycles. The summed E-state index contributed by atoms with van der Waals surface area (Å²) in [5.74, 6) is 0.770. The zero-order chi connectivity index (χ0) is 10.7. The van der Waals surface area contributed by atoms with Crippen LogP contribution in [0.2, 0.25) is 0 Å². The summed E-state index contributed by atoms with van der Waals surface area (Å²) in [7, 11) is 0. The number of aromatic nitrogens is 1. The molecule has 0 amide bonds. The molecule has 1 aromatic heterocycles. The van der Waals surface area contributed by atoms with Gasteiger partial charge in [0.1, 0.15) is 0 Å². The van der Waals surface area contributed by atoms with Gasteiger partial charge in [0.05, 0.1) is 10.7 Å². The van der Waals surface area contributed by atoms with Crippen LogP contribution in [0.3, 0.4) is 0 Å². The summed E-state index contributed by atoms with van der Waals surface area (Å²) in [4.78, 5) is 4.47. The molecule has 1 unspecified atom stereocenters. The minimum absolute atomic E-state index is 0.370. The Labute approximate surface area is 101 Å². The van der Waals surface area contributed by atoms with Gasteiger partial charge in [-0.2, -0.15) is 0 Å². The van der Waals surface area contributed by atoms with Crippen molar-refractivity contribution in [3.05, 3.63) is 16.1 Å². The van der Waals surface area contributed by atoms with E-state index in [1.165, 1.54) is 31.4 Å². The van der Waals surface area contributed by atoms with Crippen LogP contribution in [0.4, 0.5) is 0 Å². The van der Waals surface area contributed by atoms with E-state index >= 15 is 0 Å². The van der Waals surface area contributed by atoms with Gasteiger partial charge in [-0.1, -0.05) is 12.8 Å². The topological polar surface area (TPSA) is 12.9 Å². The van der Waals surface area contributed by atoms with Crippen LogP contribution in [-0.4, -0.2) is 10.4 Å². The van der Waals surface area contributed by atoms with Crippen LogP contribution < -0.4 is 0 Å². The van der Waals surface area contributed by atoms with Gasteiger partial charge in [-0.15, -0.1) is 22.9 Å². The van der Waals surface area contributed by atoms with Crippen LogP contribution in [0.1, 0.15) is 42.8 Å². The molecule has 1 aliphatic rings. The van der Waals surface area contributed by atoms with Crippen molar-refractivity contribution in [2.45, 2.75) is 50.8 Å². The molecule has 1 aromatic rings. The number of hydrogen-bond acceptors (Lipinski definition) is 2. The molecule has 0 aliphatic heterocycles. The minimum atomic E-state index is 0.370. The Balaban J connectivity index is 1.77. The van der Waals surface area contributed by atoms with Crippen molar-refractivity contribution in [1.82, 2.24) is 4.98 Å². The highest BCUT2D eigenvalue weighted by atomic mass is 35.5. The number of halogens is 1. The molecule has 15 heavy (non-hydrogen) atoms. The van der Waals surface area contributed by atoms with Crippen molar-refractivity contribution < 1.29 is 0 Å². The monoisotopic (exact) mass is 243 g/mol. The Kier molecular flexibility index (Phi) is 4.04. The SMILES string of the molecule is Cc1nc(CCC(Cl)C2CCCC2)cs1. The quantitative estimate of drug-likeness (QED) is 0.723. The first-order chi connectivity index (χ1) is 7.25. The van der Waals surface area contributed by atoms with Gasteiger partial charge in [0.15, 0.2) is 0 Å². The van der Waals surface area contributed by atoms with Gasteiger partial charge in [-0.05, 0) is 38.5 Å². The molecule has 0 radical (unpaired) electrons. The lowest BCUT2D eigenvalue weighted by Gasteiger charge is -2.15. The molecule has 0 bridgehead atoms. The second kappa shape index (κ2) is 5.31. The van der Waals surface area contributed by atoms with Gasteiger partial charge in [0.2, 0.25) is 0 Å². The maximum absolute atomic E-state index is 6.42. The van der Waals surface area contributed by atoms with Crippen LogP contribution in [0, 0.1) is 12.8 Å². The summed E-state index contributed by atoms with van der Waals surface area (Å²) >= 11 is 8.15. The Morgan fingerprint density at radius 2 is 2.27 bits per heavy atom.